The number of ether oxygens (including phenoxy) is 2. The zero-order valence-corrected chi connectivity index (χ0v) is 23.1. The number of nitrogens with zero attached hydrogens (tertiary/aromatic N) is 3. The van der Waals surface area contributed by atoms with Gasteiger partial charge in [0.15, 0.2) is 17.3 Å². The maximum Gasteiger partial charge on any atom is 0.254 e. The topological polar surface area (TPSA) is 79.4 Å². The molecule has 0 radical (unpaired) electrons. The van der Waals surface area contributed by atoms with Crippen LogP contribution >= 0.6 is 0 Å². The number of hydrogen-bond acceptors (Lipinski definition) is 6. The Morgan fingerprint density at radius 2 is 1.50 bits per heavy atom. The predicted molar refractivity (Wildman–Crippen MR) is 151 cm³/mol. The van der Waals surface area contributed by atoms with Crippen LogP contribution in [0.4, 0.5) is 5.69 Å². The van der Waals surface area contributed by atoms with Gasteiger partial charge in [-0.3, -0.25) is 14.4 Å². The first kappa shape index (κ1) is 25.9. The van der Waals surface area contributed by atoms with E-state index in [4.69, 9.17) is 9.47 Å². The zero-order chi connectivity index (χ0) is 28.0. The van der Waals surface area contributed by atoms with E-state index in [2.05, 4.69) is 11.0 Å². The molecule has 0 bridgehead atoms. The maximum absolute atomic E-state index is 14.5. The number of fused-ring (bicyclic) bond motifs is 4. The second kappa shape index (κ2) is 10.3. The number of rotatable bonds is 5. The molecular formula is C32H33N3O5. The average Bonchev–Trinajstić information content (AvgIpc) is 3.00. The zero-order valence-electron chi connectivity index (χ0n) is 23.1. The van der Waals surface area contributed by atoms with Gasteiger partial charge in [0.2, 0.25) is 5.91 Å². The number of piperazine rings is 1. The van der Waals surface area contributed by atoms with Gasteiger partial charge in [0.1, 0.15) is 0 Å². The summed E-state index contributed by atoms with van der Waals surface area (Å²) in [5, 5.41) is 0. The van der Waals surface area contributed by atoms with Crippen molar-refractivity contribution in [3.63, 3.8) is 0 Å². The fourth-order valence-electron chi connectivity index (χ4n) is 6.40. The summed E-state index contributed by atoms with van der Waals surface area (Å²) >= 11 is 0. The highest BCUT2D eigenvalue weighted by atomic mass is 16.5. The van der Waals surface area contributed by atoms with E-state index in [1.54, 1.807) is 27.2 Å². The van der Waals surface area contributed by atoms with Crippen molar-refractivity contribution in [3.8, 4) is 11.5 Å². The molecule has 3 aliphatic rings. The van der Waals surface area contributed by atoms with E-state index in [1.165, 1.54) is 5.56 Å². The van der Waals surface area contributed by atoms with Gasteiger partial charge < -0.3 is 24.2 Å². The second-order valence-electron chi connectivity index (χ2n) is 10.6. The number of Topliss-reactive ketones (excluding diaryl/α,β-unsaturated/α-hetero) is 1. The Bertz CT molecular complexity index is 1480. The van der Waals surface area contributed by atoms with E-state index in [0.29, 0.717) is 60.9 Å². The van der Waals surface area contributed by atoms with Crippen LogP contribution in [0.5, 0.6) is 11.5 Å². The number of anilines is 1. The van der Waals surface area contributed by atoms with Crippen molar-refractivity contribution < 1.29 is 23.9 Å². The van der Waals surface area contributed by atoms with Gasteiger partial charge in [0, 0.05) is 49.5 Å². The number of ketones is 1. The van der Waals surface area contributed by atoms with Crippen molar-refractivity contribution in [2.24, 2.45) is 0 Å². The Hall–Kier alpha value is -4.33. The lowest BCUT2D eigenvalue weighted by atomic mass is 9.75. The van der Waals surface area contributed by atoms with E-state index < -0.39 is 5.92 Å². The molecule has 3 aromatic carbocycles. The van der Waals surface area contributed by atoms with Crippen LogP contribution < -0.4 is 14.4 Å². The second-order valence-corrected chi connectivity index (χ2v) is 10.6. The summed E-state index contributed by atoms with van der Waals surface area (Å²) in [4.78, 5) is 46.0. The number of carbonyl (C=O) groups excluding carboxylic acids is 3. The van der Waals surface area contributed by atoms with E-state index in [1.807, 2.05) is 58.3 Å². The van der Waals surface area contributed by atoms with Crippen LogP contribution in [-0.4, -0.2) is 74.3 Å². The van der Waals surface area contributed by atoms with Gasteiger partial charge in [-0.15, -0.1) is 0 Å². The van der Waals surface area contributed by atoms with Crippen molar-refractivity contribution in [2.45, 2.75) is 25.3 Å². The normalized spacial score (nSPS) is 19.9. The third-order valence-corrected chi connectivity index (χ3v) is 8.53. The summed E-state index contributed by atoms with van der Waals surface area (Å²) in [6, 6.07) is 18.9. The first-order valence-electron chi connectivity index (χ1n) is 13.7. The average molecular weight is 540 g/mol. The first-order valence-corrected chi connectivity index (χ1v) is 13.7. The monoisotopic (exact) mass is 539 g/mol. The summed E-state index contributed by atoms with van der Waals surface area (Å²) in [6.45, 7) is 4.61. The summed E-state index contributed by atoms with van der Waals surface area (Å²) in [6.07, 6.45) is 0.753. The van der Waals surface area contributed by atoms with Gasteiger partial charge in [0.25, 0.3) is 5.91 Å². The molecule has 0 spiro atoms. The fraction of sp³-hybridized carbons (Fsp3) is 0.344. The number of methoxy groups -OCH3 is 2. The third-order valence-electron chi connectivity index (χ3n) is 8.53. The van der Waals surface area contributed by atoms with E-state index >= 15 is 0 Å². The highest BCUT2D eigenvalue weighted by molar-refractivity contribution is 6.02. The van der Waals surface area contributed by atoms with Crippen LogP contribution in [-0.2, 0) is 11.2 Å². The van der Waals surface area contributed by atoms with E-state index in [9.17, 15) is 14.4 Å². The van der Waals surface area contributed by atoms with Crippen molar-refractivity contribution in [2.75, 3.05) is 51.8 Å². The molecular weight excluding hydrogens is 506 g/mol. The van der Waals surface area contributed by atoms with Gasteiger partial charge in [0.05, 0.1) is 26.2 Å². The highest BCUT2D eigenvalue weighted by Gasteiger charge is 2.48. The van der Waals surface area contributed by atoms with Gasteiger partial charge >= 0.3 is 0 Å². The van der Waals surface area contributed by atoms with Crippen molar-refractivity contribution in [1.82, 2.24) is 9.80 Å². The van der Waals surface area contributed by atoms with Crippen LogP contribution in [0, 0.1) is 0 Å². The van der Waals surface area contributed by atoms with Gasteiger partial charge in [-0.05, 0) is 66.4 Å². The lowest BCUT2D eigenvalue weighted by molar-refractivity contribution is -0.135. The lowest BCUT2D eigenvalue weighted by Crippen LogP contribution is -2.54. The van der Waals surface area contributed by atoms with Crippen LogP contribution in [0.25, 0.3) is 0 Å². The van der Waals surface area contributed by atoms with Crippen LogP contribution in [0.15, 0.2) is 60.7 Å². The molecule has 2 amide bonds. The summed E-state index contributed by atoms with van der Waals surface area (Å²) in [5.41, 5.74) is 5.12. The molecule has 1 fully saturated rings. The standard InChI is InChI=1S/C32H33N3O5/c1-20(36)21-8-10-23(11-9-21)33-14-16-34(17-15-33)32(38)29-25-18-27(39-2)28(40-3)19-26(25)31(37)35-13-12-22-6-4-5-7-24(22)30(29)35/h4-11,18-19,29-30H,12-17H2,1-3H3/t29-,30+/m0/s1. The van der Waals surface area contributed by atoms with Crippen molar-refractivity contribution in [3.05, 3.63) is 88.5 Å². The Morgan fingerprint density at radius 3 is 2.17 bits per heavy atom. The first-order chi connectivity index (χ1) is 19.4. The smallest absolute Gasteiger partial charge is 0.254 e. The molecule has 0 aliphatic carbocycles. The largest absolute Gasteiger partial charge is 0.493 e. The summed E-state index contributed by atoms with van der Waals surface area (Å²) < 4.78 is 11.1. The molecule has 3 heterocycles. The molecule has 40 heavy (non-hydrogen) atoms. The molecule has 2 atom stereocenters. The number of hydrogen-bond donors (Lipinski definition) is 0. The van der Waals surface area contributed by atoms with Crippen molar-refractivity contribution >= 4 is 23.3 Å². The van der Waals surface area contributed by atoms with E-state index in [0.717, 1.165) is 17.7 Å². The maximum atomic E-state index is 14.5. The quantitative estimate of drug-likeness (QED) is 0.455. The van der Waals surface area contributed by atoms with E-state index in [-0.39, 0.29) is 23.6 Å². The minimum absolute atomic E-state index is 0.0132. The minimum atomic E-state index is -0.560. The molecule has 0 aromatic heterocycles. The molecule has 8 nitrogen and oxygen atoms in total. The summed E-state index contributed by atoms with van der Waals surface area (Å²) in [5.74, 6) is 0.387. The number of carbonyl (C=O) groups is 3. The molecule has 0 saturated carbocycles. The summed E-state index contributed by atoms with van der Waals surface area (Å²) in [7, 11) is 3.11. The van der Waals surface area contributed by atoms with Crippen LogP contribution in [0.3, 0.4) is 0 Å². The molecule has 1 saturated heterocycles. The van der Waals surface area contributed by atoms with Crippen LogP contribution in [0.2, 0.25) is 0 Å². The molecule has 206 valence electrons. The third kappa shape index (κ3) is 4.28. The minimum Gasteiger partial charge on any atom is -0.493 e. The van der Waals surface area contributed by atoms with Crippen molar-refractivity contribution in [1.29, 1.82) is 0 Å². The Kier molecular flexibility index (Phi) is 6.70. The predicted octanol–water partition coefficient (Wildman–Crippen LogP) is 4.09. The Balaban J connectivity index is 1.34. The Morgan fingerprint density at radius 1 is 0.825 bits per heavy atom. The van der Waals surface area contributed by atoms with Crippen LogP contribution in [0.1, 0.15) is 56.3 Å². The SMILES string of the molecule is COc1cc2c(cc1OC)[C@H](C(=O)N1CCN(c3ccc(C(C)=O)cc3)CC1)[C@H]1c3ccccc3CCN1C2=O. The molecule has 3 aliphatic heterocycles. The molecule has 3 aromatic rings. The van der Waals surface area contributed by atoms with Gasteiger partial charge in [-0.2, -0.15) is 0 Å². The Labute approximate surface area is 234 Å². The molecule has 6 rings (SSSR count). The number of amides is 2. The highest BCUT2D eigenvalue weighted by Crippen LogP contribution is 2.49. The van der Waals surface area contributed by atoms with Gasteiger partial charge in [-0.25, -0.2) is 0 Å². The molecule has 0 unspecified atom stereocenters. The lowest BCUT2D eigenvalue weighted by Gasteiger charge is -2.47. The molecule has 0 N–H and O–H groups in total. The van der Waals surface area contributed by atoms with Gasteiger partial charge in [-0.1, -0.05) is 24.3 Å². The fourth-order valence-corrected chi connectivity index (χ4v) is 6.40. The molecule has 8 heteroatoms. The number of benzene rings is 3.